The maximum atomic E-state index is 13.0. The number of amides is 1. The highest BCUT2D eigenvalue weighted by Crippen LogP contribution is 2.26. The topological polar surface area (TPSA) is 156 Å². The Labute approximate surface area is 193 Å². The number of aliphatic hydroxyl groups is 2. The van der Waals surface area contributed by atoms with Gasteiger partial charge in [0.15, 0.2) is 22.9 Å². The van der Waals surface area contributed by atoms with Gasteiger partial charge < -0.3 is 20.8 Å². The molecule has 0 radical (unpaired) electrons. The van der Waals surface area contributed by atoms with Crippen LogP contribution in [0.25, 0.3) is 16.7 Å². The van der Waals surface area contributed by atoms with Crippen molar-refractivity contribution in [3.05, 3.63) is 66.0 Å². The van der Waals surface area contributed by atoms with Crippen LogP contribution >= 0.6 is 0 Å². The van der Waals surface area contributed by atoms with Gasteiger partial charge in [-0.25, -0.2) is 19.6 Å². The number of carbonyl (C=O) groups is 1. The van der Waals surface area contributed by atoms with Crippen LogP contribution in [0, 0.1) is 11.8 Å². The molecular formula is C23H20N8O3. The number of nitrogens with two attached hydrogens (primary N) is 1. The zero-order chi connectivity index (χ0) is 23.9. The summed E-state index contributed by atoms with van der Waals surface area (Å²) in [5, 5.41) is 25.4. The standard InChI is InChI=1S/C23H20N8O3/c1-23(34,21-25-8-2-9-26-21)7-5-14-3-4-16-17(11-14)31(18-6-10-27-22(24)28-18)29-19(16)20(33)30-12-15(32)13-30/h2-4,6,8-11,15,32,34H,12-13H2,1H3,(H2,24,27,28). The van der Waals surface area contributed by atoms with Gasteiger partial charge in [-0.15, -0.1) is 0 Å². The molecule has 4 N–H and O–H groups in total. The number of benzene rings is 1. The van der Waals surface area contributed by atoms with Crippen molar-refractivity contribution < 1.29 is 15.0 Å². The number of hydrogen-bond donors (Lipinski definition) is 3. The number of β-amino-alcohol motifs (C(OH)–C–C–N with tert-alkyl or cyclic N) is 1. The van der Waals surface area contributed by atoms with E-state index < -0.39 is 11.7 Å². The molecule has 1 fully saturated rings. The molecule has 3 aromatic heterocycles. The van der Waals surface area contributed by atoms with E-state index in [1.807, 2.05) is 0 Å². The van der Waals surface area contributed by atoms with Crippen LogP contribution in [0.3, 0.4) is 0 Å². The fourth-order valence-corrected chi connectivity index (χ4v) is 3.58. The summed E-state index contributed by atoms with van der Waals surface area (Å²) >= 11 is 0. The Bertz CT molecular complexity index is 1450. The van der Waals surface area contributed by atoms with Crippen LogP contribution in [0.5, 0.6) is 0 Å². The van der Waals surface area contributed by atoms with Crippen molar-refractivity contribution in [2.45, 2.75) is 18.6 Å². The summed E-state index contributed by atoms with van der Waals surface area (Å²) in [6, 6.07) is 8.50. The fourth-order valence-electron chi connectivity index (χ4n) is 3.58. The van der Waals surface area contributed by atoms with E-state index in [1.165, 1.54) is 35.1 Å². The van der Waals surface area contributed by atoms with Crippen LogP contribution in [0.4, 0.5) is 5.95 Å². The number of aromatic nitrogens is 6. The highest BCUT2D eigenvalue weighted by molar-refractivity contribution is 6.05. The largest absolute Gasteiger partial charge is 0.389 e. The molecule has 1 unspecified atom stereocenters. The van der Waals surface area contributed by atoms with Crippen molar-refractivity contribution in [2.75, 3.05) is 18.8 Å². The van der Waals surface area contributed by atoms with Gasteiger partial charge in [0, 0.05) is 48.7 Å². The zero-order valence-corrected chi connectivity index (χ0v) is 18.1. The molecule has 1 aromatic carbocycles. The molecule has 34 heavy (non-hydrogen) atoms. The first-order valence-electron chi connectivity index (χ1n) is 10.4. The maximum Gasteiger partial charge on any atom is 0.275 e. The van der Waals surface area contributed by atoms with Gasteiger partial charge in [0.25, 0.3) is 5.91 Å². The molecule has 11 nitrogen and oxygen atoms in total. The lowest BCUT2D eigenvalue weighted by Crippen LogP contribution is -2.53. The molecule has 1 saturated heterocycles. The average Bonchev–Trinajstić information content (AvgIpc) is 3.20. The van der Waals surface area contributed by atoms with Gasteiger partial charge in [0.05, 0.1) is 11.6 Å². The summed E-state index contributed by atoms with van der Waals surface area (Å²) in [4.78, 5) is 30.8. The molecule has 4 heterocycles. The van der Waals surface area contributed by atoms with Crippen molar-refractivity contribution in [2.24, 2.45) is 0 Å². The molecule has 5 rings (SSSR count). The molecule has 4 aromatic rings. The van der Waals surface area contributed by atoms with Crippen LogP contribution in [0.1, 0.15) is 28.8 Å². The number of aliphatic hydroxyl groups excluding tert-OH is 1. The van der Waals surface area contributed by atoms with Crippen LogP contribution in [0.2, 0.25) is 0 Å². The van der Waals surface area contributed by atoms with Crippen molar-refractivity contribution in [3.63, 3.8) is 0 Å². The average molecular weight is 456 g/mol. The van der Waals surface area contributed by atoms with Gasteiger partial charge in [0.1, 0.15) is 0 Å². The third kappa shape index (κ3) is 3.92. The summed E-state index contributed by atoms with van der Waals surface area (Å²) in [6.07, 6.45) is 4.04. The summed E-state index contributed by atoms with van der Waals surface area (Å²) in [7, 11) is 0. The Morgan fingerprint density at radius 2 is 1.94 bits per heavy atom. The lowest BCUT2D eigenvalue weighted by molar-refractivity contribution is 0.00560. The Balaban J connectivity index is 1.60. The van der Waals surface area contributed by atoms with Crippen LogP contribution in [-0.4, -0.2) is 69.9 Å². The van der Waals surface area contributed by atoms with E-state index in [2.05, 4.69) is 36.9 Å². The molecule has 1 aliphatic rings. The van der Waals surface area contributed by atoms with Crippen molar-refractivity contribution in [3.8, 4) is 17.7 Å². The zero-order valence-electron chi connectivity index (χ0n) is 18.1. The van der Waals surface area contributed by atoms with Crippen LogP contribution < -0.4 is 5.73 Å². The molecule has 170 valence electrons. The SMILES string of the molecule is CC(O)(C#Cc1ccc2c(C(=O)N3CC(O)C3)nn(-c3ccnc(N)n3)c2c1)c1ncccn1. The number of carbonyl (C=O) groups excluding carboxylic acids is 1. The summed E-state index contributed by atoms with van der Waals surface area (Å²) in [5.41, 5.74) is 5.57. The molecule has 1 atom stereocenters. The second kappa shape index (κ2) is 8.18. The molecule has 0 bridgehead atoms. The van der Waals surface area contributed by atoms with Gasteiger partial charge in [-0.3, -0.25) is 4.79 Å². The summed E-state index contributed by atoms with van der Waals surface area (Å²) < 4.78 is 1.50. The second-order valence-corrected chi connectivity index (χ2v) is 8.02. The molecule has 0 spiro atoms. The van der Waals surface area contributed by atoms with Gasteiger partial charge in [-0.2, -0.15) is 10.1 Å². The lowest BCUT2D eigenvalue weighted by atomic mass is 10.0. The lowest BCUT2D eigenvalue weighted by Gasteiger charge is -2.35. The number of rotatable bonds is 3. The second-order valence-electron chi connectivity index (χ2n) is 8.02. The molecule has 1 amide bonds. The molecule has 0 aliphatic carbocycles. The van der Waals surface area contributed by atoms with Gasteiger partial charge in [-0.1, -0.05) is 11.8 Å². The molecule has 1 aliphatic heterocycles. The van der Waals surface area contributed by atoms with E-state index in [1.54, 1.807) is 30.3 Å². The van der Waals surface area contributed by atoms with Crippen molar-refractivity contribution in [1.82, 2.24) is 34.6 Å². The Hall–Kier alpha value is -4.40. The van der Waals surface area contributed by atoms with E-state index in [0.717, 1.165) is 0 Å². The Kier molecular flexibility index (Phi) is 5.16. The van der Waals surface area contributed by atoms with Crippen LogP contribution in [-0.2, 0) is 5.60 Å². The third-order valence-electron chi connectivity index (χ3n) is 5.36. The van der Waals surface area contributed by atoms with E-state index in [4.69, 9.17) is 5.73 Å². The number of nitrogens with zero attached hydrogens (tertiary/aromatic N) is 7. The van der Waals surface area contributed by atoms with Gasteiger partial charge >= 0.3 is 0 Å². The normalized spacial score (nSPS) is 15.3. The predicted molar refractivity (Wildman–Crippen MR) is 121 cm³/mol. The minimum atomic E-state index is -1.56. The predicted octanol–water partition coefficient (Wildman–Crippen LogP) is 0.264. The number of hydrogen-bond acceptors (Lipinski definition) is 9. The first-order valence-corrected chi connectivity index (χ1v) is 10.4. The highest BCUT2D eigenvalue weighted by Gasteiger charge is 2.32. The van der Waals surface area contributed by atoms with E-state index >= 15 is 0 Å². The first-order chi connectivity index (χ1) is 16.3. The fraction of sp³-hybridized carbons (Fsp3) is 0.217. The van der Waals surface area contributed by atoms with Gasteiger partial charge in [-0.05, 0) is 31.2 Å². The first kappa shape index (κ1) is 21.4. The quantitative estimate of drug-likeness (QED) is 0.368. The van der Waals surface area contributed by atoms with Crippen molar-refractivity contribution >= 4 is 22.8 Å². The van der Waals surface area contributed by atoms with Crippen molar-refractivity contribution in [1.29, 1.82) is 0 Å². The van der Waals surface area contributed by atoms with Crippen LogP contribution in [0.15, 0.2) is 48.9 Å². The number of anilines is 1. The van der Waals surface area contributed by atoms with Gasteiger partial charge in [0.2, 0.25) is 5.95 Å². The highest BCUT2D eigenvalue weighted by atomic mass is 16.3. The maximum absolute atomic E-state index is 13.0. The van der Waals surface area contributed by atoms with E-state index in [-0.39, 0.29) is 36.5 Å². The Morgan fingerprint density at radius 3 is 2.65 bits per heavy atom. The number of likely N-dealkylation sites (tertiary alicyclic amines) is 1. The third-order valence-corrected chi connectivity index (χ3v) is 5.36. The van der Waals surface area contributed by atoms with E-state index in [9.17, 15) is 15.0 Å². The molecular weight excluding hydrogens is 436 g/mol. The minimum absolute atomic E-state index is 0.0646. The number of fused-ring (bicyclic) bond motifs is 1. The molecule has 11 heteroatoms. The Morgan fingerprint density at radius 1 is 1.18 bits per heavy atom. The van der Waals surface area contributed by atoms with E-state index in [0.29, 0.717) is 22.3 Å². The number of nitrogen functional groups attached to an aromatic ring is 1. The summed E-state index contributed by atoms with van der Waals surface area (Å²) in [6.45, 7) is 2.03. The molecule has 0 saturated carbocycles. The smallest absolute Gasteiger partial charge is 0.275 e. The summed E-state index contributed by atoms with van der Waals surface area (Å²) in [5.74, 6) is 6.09. The minimum Gasteiger partial charge on any atom is -0.389 e. The monoisotopic (exact) mass is 456 g/mol.